The van der Waals surface area contributed by atoms with Gasteiger partial charge in [0.1, 0.15) is 0 Å². The summed E-state index contributed by atoms with van der Waals surface area (Å²) in [4.78, 5) is 19.7. The summed E-state index contributed by atoms with van der Waals surface area (Å²) in [5.74, 6) is 0.671. The highest BCUT2D eigenvalue weighted by molar-refractivity contribution is 7.12. The molecule has 5 nitrogen and oxygen atoms in total. The standard InChI is InChI=1S/C21H24N4OS.2ClH/c1-14-10-18(15(2)25(14)21-23-8-9-27-21)20(26)24-12-17(11-22)19(13-24)16-6-4-3-5-7-16;;/h3-10,17,19H,11-13,22H2,1-2H3;2*1H/t17-,19+;;/m1../s1. The van der Waals surface area contributed by atoms with Crippen molar-refractivity contribution < 1.29 is 4.79 Å². The third kappa shape index (κ3) is 4.36. The van der Waals surface area contributed by atoms with Gasteiger partial charge in [0.2, 0.25) is 0 Å². The van der Waals surface area contributed by atoms with E-state index in [1.807, 2.05) is 36.3 Å². The molecule has 0 aliphatic carbocycles. The number of hydrogen-bond acceptors (Lipinski definition) is 4. The molecule has 8 heteroatoms. The van der Waals surface area contributed by atoms with Crippen LogP contribution in [0.2, 0.25) is 0 Å². The first kappa shape index (κ1) is 23.4. The first-order valence-corrected chi connectivity index (χ1v) is 10.1. The lowest BCUT2D eigenvalue weighted by Gasteiger charge is -2.17. The summed E-state index contributed by atoms with van der Waals surface area (Å²) in [5.41, 5.74) is 10.0. The Bertz CT molecular complexity index is 943. The van der Waals surface area contributed by atoms with E-state index in [0.717, 1.165) is 22.1 Å². The second-order valence-electron chi connectivity index (χ2n) is 7.16. The lowest BCUT2D eigenvalue weighted by Crippen LogP contribution is -2.30. The molecule has 2 atom stereocenters. The molecule has 1 saturated heterocycles. The number of thiazole rings is 1. The second kappa shape index (κ2) is 9.76. The van der Waals surface area contributed by atoms with Gasteiger partial charge in [0.25, 0.3) is 5.91 Å². The van der Waals surface area contributed by atoms with Crippen molar-refractivity contribution in [2.24, 2.45) is 11.7 Å². The van der Waals surface area contributed by atoms with E-state index in [-0.39, 0.29) is 30.7 Å². The van der Waals surface area contributed by atoms with Crippen LogP contribution < -0.4 is 5.73 Å². The van der Waals surface area contributed by atoms with Gasteiger partial charge in [0.05, 0.1) is 5.56 Å². The number of aryl methyl sites for hydroxylation is 1. The SMILES string of the molecule is Cc1cc(C(=O)N2C[C@@H](CN)[C@H](c3ccccc3)C2)c(C)n1-c1nccs1.Cl.Cl. The highest BCUT2D eigenvalue weighted by atomic mass is 35.5. The number of likely N-dealkylation sites (tertiary alicyclic amines) is 1. The molecule has 1 amide bonds. The molecule has 2 aromatic heterocycles. The van der Waals surface area contributed by atoms with Gasteiger partial charge in [-0.1, -0.05) is 30.3 Å². The van der Waals surface area contributed by atoms with Gasteiger partial charge < -0.3 is 10.6 Å². The Labute approximate surface area is 187 Å². The first-order valence-electron chi connectivity index (χ1n) is 9.23. The second-order valence-corrected chi connectivity index (χ2v) is 8.03. The minimum atomic E-state index is 0. The van der Waals surface area contributed by atoms with Gasteiger partial charge in [-0.2, -0.15) is 0 Å². The molecule has 29 heavy (non-hydrogen) atoms. The molecule has 2 N–H and O–H groups in total. The number of carbonyl (C=O) groups excluding carboxylic acids is 1. The van der Waals surface area contributed by atoms with Crippen LogP contribution in [-0.2, 0) is 0 Å². The number of nitrogens with zero attached hydrogens (tertiary/aromatic N) is 3. The maximum atomic E-state index is 13.3. The van der Waals surface area contributed by atoms with Gasteiger partial charge in [-0.15, -0.1) is 36.2 Å². The molecule has 3 heterocycles. The molecule has 0 radical (unpaired) electrons. The lowest BCUT2D eigenvalue weighted by molar-refractivity contribution is 0.0785. The maximum absolute atomic E-state index is 13.3. The summed E-state index contributed by atoms with van der Waals surface area (Å²) < 4.78 is 2.06. The summed E-state index contributed by atoms with van der Waals surface area (Å²) in [6.07, 6.45) is 1.79. The first-order chi connectivity index (χ1) is 13.1. The van der Waals surface area contributed by atoms with E-state index < -0.39 is 0 Å². The third-order valence-corrected chi connectivity index (χ3v) is 6.29. The molecule has 0 bridgehead atoms. The number of benzene rings is 1. The number of carbonyl (C=O) groups is 1. The zero-order chi connectivity index (χ0) is 19.0. The molecular formula is C21H26Cl2N4OS. The molecule has 1 fully saturated rings. The number of aromatic nitrogens is 2. The normalized spacial score (nSPS) is 18.2. The zero-order valence-electron chi connectivity index (χ0n) is 16.4. The van der Waals surface area contributed by atoms with E-state index >= 15 is 0 Å². The number of nitrogens with two attached hydrogens (primary N) is 1. The number of halogens is 2. The monoisotopic (exact) mass is 452 g/mol. The Balaban J connectivity index is 0.00000150. The molecule has 0 spiro atoms. The van der Waals surface area contributed by atoms with Crippen molar-refractivity contribution >= 4 is 42.1 Å². The van der Waals surface area contributed by atoms with E-state index in [1.54, 1.807) is 17.5 Å². The Kier molecular flexibility index (Phi) is 7.88. The predicted octanol–water partition coefficient (Wildman–Crippen LogP) is 4.21. The minimum Gasteiger partial charge on any atom is -0.338 e. The van der Waals surface area contributed by atoms with Gasteiger partial charge in [0.15, 0.2) is 5.13 Å². The predicted molar refractivity (Wildman–Crippen MR) is 123 cm³/mol. The number of rotatable bonds is 4. The summed E-state index contributed by atoms with van der Waals surface area (Å²) in [6.45, 7) is 6.01. The fourth-order valence-corrected chi connectivity index (χ4v) is 4.88. The summed E-state index contributed by atoms with van der Waals surface area (Å²) in [6, 6.07) is 12.4. The van der Waals surface area contributed by atoms with Crippen molar-refractivity contribution in [1.29, 1.82) is 0 Å². The summed E-state index contributed by atoms with van der Waals surface area (Å²) >= 11 is 1.57. The molecule has 0 saturated carbocycles. The Morgan fingerprint density at radius 3 is 2.55 bits per heavy atom. The molecule has 1 aromatic carbocycles. The number of hydrogen-bond donors (Lipinski definition) is 1. The highest BCUT2D eigenvalue weighted by Crippen LogP contribution is 2.33. The molecule has 3 aromatic rings. The van der Waals surface area contributed by atoms with Crippen LogP contribution >= 0.6 is 36.2 Å². The lowest BCUT2D eigenvalue weighted by atomic mass is 9.89. The highest BCUT2D eigenvalue weighted by Gasteiger charge is 2.36. The Morgan fingerprint density at radius 1 is 1.21 bits per heavy atom. The van der Waals surface area contributed by atoms with Gasteiger partial charge in [-0.05, 0) is 37.9 Å². The average Bonchev–Trinajstić information content (AvgIpc) is 3.41. The molecule has 1 aliphatic heterocycles. The van der Waals surface area contributed by atoms with Gasteiger partial charge in [-0.3, -0.25) is 9.36 Å². The van der Waals surface area contributed by atoms with E-state index in [9.17, 15) is 4.79 Å². The van der Waals surface area contributed by atoms with Crippen LogP contribution in [-0.4, -0.2) is 40.0 Å². The Hall–Kier alpha value is -1.86. The summed E-state index contributed by atoms with van der Waals surface area (Å²) in [7, 11) is 0. The van der Waals surface area contributed by atoms with Crippen molar-refractivity contribution in [2.45, 2.75) is 19.8 Å². The van der Waals surface area contributed by atoms with Gasteiger partial charge in [0, 0.05) is 42.0 Å². The van der Waals surface area contributed by atoms with Crippen molar-refractivity contribution in [3.63, 3.8) is 0 Å². The van der Waals surface area contributed by atoms with Gasteiger partial charge >= 0.3 is 0 Å². The van der Waals surface area contributed by atoms with Crippen molar-refractivity contribution in [2.75, 3.05) is 19.6 Å². The molecular weight excluding hydrogens is 427 g/mol. The van der Waals surface area contributed by atoms with Crippen molar-refractivity contribution in [3.05, 3.63) is 70.5 Å². The van der Waals surface area contributed by atoms with E-state index in [0.29, 0.717) is 31.5 Å². The smallest absolute Gasteiger partial charge is 0.255 e. The van der Waals surface area contributed by atoms with Crippen LogP contribution in [0.1, 0.15) is 33.2 Å². The summed E-state index contributed by atoms with van der Waals surface area (Å²) in [5, 5.41) is 2.85. The minimum absolute atomic E-state index is 0. The fraction of sp³-hybridized carbons (Fsp3) is 0.333. The number of amides is 1. The van der Waals surface area contributed by atoms with E-state index in [4.69, 9.17) is 5.73 Å². The van der Waals surface area contributed by atoms with E-state index in [2.05, 4.69) is 33.8 Å². The van der Waals surface area contributed by atoms with Crippen LogP contribution in [0.3, 0.4) is 0 Å². The van der Waals surface area contributed by atoms with Crippen molar-refractivity contribution in [1.82, 2.24) is 14.5 Å². The molecule has 0 unspecified atom stereocenters. The Morgan fingerprint density at radius 2 is 1.93 bits per heavy atom. The van der Waals surface area contributed by atoms with Crippen molar-refractivity contribution in [3.8, 4) is 5.13 Å². The van der Waals surface area contributed by atoms with Gasteiger partial charge in [-0.25, -0.2) is 4.98 Å². The third-order valence-electron chi connectivity index (χ3n) is 5.53. The zero-order valence-corrected chi connectivity index (χ0v) is 18.9. The molecule has 1 aliphatic rings. The maximum Gasteiger partial charge on any atom is 0.255 e. The topological polar surface area (TPSA) is 64.2 Å². The van der Waals surface area contributed by atoms with Crippen LogP contribution in [0.25, 0.3) is 5.13 Å². The fourth-order valence-electron chi connectivity index (χ4n) is 4.12. The van der Waals surface area contributed by atoms with Crippen LogP contribution in [0, 0.1) is 19.8 Å². The van der Waals surface area contributed by atoms with Crippen LogP contribution in [0.15, 0.2) is 48.0 Å². The van der Waals surface area contributed by atoms with Crippen LogP contribution in [0.4, 0.5) is 0 Å². The van der Waals surface area contributed by atoms with Crippen LogP contribution in [0.5, 0.6) is 0 Å². The largest absolute Gasteiger partial charge is 0.338 e. The average molecular weight is 453 g/mol. The van der Waals surface area contributed by atoms with E-state index in [1.165, 1.54) is 5.56 Å². The quantitative estimate of drug-likeness (QED) is 0.644. The molecule has 156 valence electrons. The molecule has 4 rings (SSSR count).